The Bertz CT molecular complexity index is 1240. The zero-order valence-corrected chi connectivity index (χ0v) is 17.9. The summed E-state index contributed by atoms with van der Waals surface area (Å²) < 4.78 is 9.49. The van der Waals surface area contributed by atoms with E-state index in [4.69, 9.17) is 20.7 Å². The third-order valence-corrected chi connectivity index (χ3v) is 4.13. The number of nitrogens with two attached hydrogens (primary N) is 2. The lowest BCUT2D eigenvalue weighted by Gasteiger charge is -2.05. The number of rotatable bonds is 10. The van der Waals surface area contributed by atoms with Crippen molar-refractivity contribution in [3.8, 4) is 0 Å². The number of nitrogens with one attached hydrogen (secondary N) is 2. The molecule has 4 aromatic rings. The lowest BCUT2D eigenvalue weighted by atomic mass is 10.3. The van der Waals surface area contributed by atoms with Gasteiger partial charge in [-0.05, 0) is 56.0 Å². The molecule has 0 aromatic carbocycles. The number of amidine groups is 2. The zero-order valence-electron chi connectivity index (χ0n) is 17.9. The van der Waals surface area contributed by atoms with Crippen LogP contribution in [0.5, 0.6) is 0 Å². The molecule has 16 heteroatoms. The topological polar surface area (TPSA) is 229 Å². The van der Waals surface area contributed by atoms with Crippen LogP contribution in [0.25, 0.3) is 0 Å². The van der Waals surface area contributed by atoms with Crippen LogP contribution >= 0.6 is 0 Å². The molecule has 0 saturated carbocycles. The van der Waals surface area contributed by atoms with Crippen LogP contribution in [-0.4, -0.2) is 61.4 Å². The molecule has 0 saturated heterocycles. The number of anilines is 2. The van der Waals surface area contributed by atoms with Crippen LogP contribution in [0.15, 0.2) is 78.7 Å². The van der Waals surface area contributed by atoms with Crippen molar-refractivity contribution in [3.63, 3.8) is 0 Å². The van der Waals surface area contributed by atoms with Crippen molar-refractivity contribution in [2.75, 3.05) is 17.3 Å². The second kappa shape index (κ2) is 11.4. The highest BCUT2D eigenvalue weighted by atomic mass is 16.6. The fraction of sp³-hybridized carbons (Fsp3) is 0.0526. The summed E-state index contributed by atoms with van der Waals surface area (Å²) in [4.78, 5) is 7.85. The lowest BCUT2D eigenvalue weighted by Crippen LogP contribution is -2.21. The third-order valence-electron chi connectivity index (χ3n) is 4.13. The molecule has 35 heavy (non-hydrogen) atoms. The van der Waals surface area contributed by atoms with E-state index in [-0.39, 0.29) is 41.4 Å². The van der Waals surface area contributed by atoms with Gasteiger partial charge in [0.05, 0.1) is 19.1 Å². The van der Waals surface area contributed by atoms with E-state index in [1.807, 2.05) is 0 Å². The van der Waals surface area contributed by atoms with E-state index in [2.05, 4.69) is 61.6 Å². The second-order valence-electron chi connectivity index (χ2n) is 6.47. The average molecular weight is 474 g/mol. The normalized spacial score (nSPS) is 12.5. The fourth-order valence-corrected chi connectivity index (χ4v) is 2.47. The van der Waals surface area contributed by atoms with Crippen LogP contribution in [0.3, 0.4) is 0 Å². The molecule has 6 N–H and O–H groups in total. The molecule has 0 bridgehead atoms. The quantitative estimate of drug-likeness (QED) is 0.104. The highest BCUT2D eigenvalue weighted by molar-refractivity contribution is 6.00. The van der Waals surface area contributed by atoms with Gasteiger partial charge in [0, 0.05) is 24.8 Å². The standard InChI is InChI=1S/C19H18N14O2/c20-16(28-26-9-12-1-5-22-6-2-12)14-18(32-34-30-14)24-11-25-19-15(31-35-33-19)17(21)29-27-10-13-3-7-23-8-4-13/h1-10H,11H2,(H2,20,28)(H2,21,29)(H,24,32)(H,25,33)/b26-9+,27-10+. The molecule has 4 heterocycles. The molecule has 0 aliphatic rings. The molecular weight excluding hydrogens is 456 g/mol. The summed E-state index contributed by atoms with van der Waals surface area (Å²) in [7, 11) is 0. The highest BCUT2D eigenvalue weighted by Gasteiger charge is 2.16. The molecule has 16 nitrogen and oxygen atoms in total. The van der Waals surface area contributed by atoms with Gasteiger partial charge in [0.15, 0.2) is 23.1 Å². The molecule has 0 spiro atoms. The minimum atomic E-state index is -0.00807. The van der Waals surface area contributed by atoms with Gasteiger partial charge in [0.25, 0.3) is 0 Å². The van der Waals surface area contributed by atoms with Crippen molar-refractivity contribution in [1.29, 1.82) is 0 Å². The van der Waals surface area contributed by atoms with Crippen LogP contribution in [0, 0.1) is 0 Å². The first-order valence-corrected chi connectivity index (χ1v) is 9.87. The molecule has 0 radical (unpaired) electrons. The van der Waals surface area contributed by atoms with E-state index in [1.54, 1.807) is 49.1 Å². The summed E-state index contributed by atoms with van der Waals surface area (Å²) in [5, 5.41) is 36.5. The Morgan fingerprint density at radius 1 is 0.714 bits per heavy atom. The third kappa shape index (κ3) is 6.25. The maximum absolute atomic E-state index is 5.94. The minimum absolute atomic E-state index is 0.00807. The van der Waals surface area contributed by atoms with Crippen molar-refractivity contribution >= 4 is 35.7 Å². The number of aromatic nitrogens is 6. The van der Waals surface area contributed by atoms with Crippen molar-refractivity contribution in [2.24, 2.45) is 31.9 Å². The summed E-state index contributed by atoms with van der Waals surface area (Å²) >= 11 is 0. The van der Waals surface area contributed by atoms with Gasteiger partial charge in [-0.15, -0.1) is 10.2 Å². The summed E-state index contributed by atoms with van der Waals surface area (Å²) in [5.41, 5.74) is 13.8. The molecule has 0 atom stereocenters. The first-order chi connectivity index (χ1) is 17.2. The summed E-state index contributed by atoms with van der Waals surface area (Å²) in [5.74, 6) is 0.427. The Labute approximate surface area is 196 Å². The molecule has 0 amide bonds. The Morgan fingerprint density at radius 2 is 1.14 bits per heavy atom. The Morgan fingerprint density at radius 3 is 1.57 bits per heavy atom. The van der Waals surface area contributed by atoms with E-state index in [0.717, 1.165) is 11.1 Å². The van der Waals surface area contributed by atoms with Crippen molar-refractivity contribution in [2.45, 2.75) is 0 Å². The van der Waals surface area contributed by atoms with E-state index >= 15 is 0 Å². The predicted octanol–water partition coefficient (Wildman–Crippen LogP) is 0.203. The van der Waals surface area contributed by atoms with Gasteiger partial charge in [-0.3, -0.25) is 9.97 Å². The van der Waals surface area contributed by atoms with Crippen LogP contribution < -0.4 is 22.1 Å². The van der Waals surface area contributed by atoms with Crippen LogP contribution in [0.1, 0.15) is 22.5 Å². The van der Waals surface area contributed by atoms with Gasteiger partial charge in [-0.25, -0.2) is 9.26 Å². The van der Waals surface area contributed by atoms with E-state index < -0.39 is 0 Å². The second-order valence-corrected chi connectivity index (χ2v) is 6.47. The first kappa shape index (κ1) is 22.6. The molecule has 4 aromatic heterocycles. The largest absolute Gasteiger partial charge is 0.380 e. The van der Waals surface area contributed by atoms with E-state index in [0.29, 0.717) is 0 Å². The molecule has 0 aliphatic heterocycles. The van der Waals surface area contributed by atoms with Crippen molar-refractivity contribution < 1.29 is 9.26 Å². The highest BCUT2D eigenvalue weighted by Crippen LogP contribution is 2.11. The van der Waals surface area contributed by atoms with Gasteiger partial charge in [-0.1, -0.05) is 0 Å². The van der Waals surface area contributed by atoms with Crippen LogP contribution in [0.4, 0.5) is 11.6 Å². The number of nitrogens with zero attached hydrogens (tertiary/aromatic N) is 10. The SMILES string of the molecule is N/C(=N\N=C\c1ccncc1)c1nonc1NCNc1nonc1/C(N)=N/N=C/c1ccncc1. The molecule has 0 aliphatic carbocycles. The van der Waals surface area contributed by atoms with Gasteiger partial charge in [0.1, 0.15) is 0 Å². The van der Waals surface area contributed by atoms with Gasteiger partial charge in [-0.2, -0.15) is 10.2 Å². The van der Waals surface area contributed by atoms with Crippen LogP contribution in [-0.2, 0) is 0 Å². The van der Waals surface area contributed by atoms with Gasteiger partial charge < -0.3 is 22.1 Å². The summed E-state index contributed by atoms with van der Waals surface area (Å²) in [6.45, 7) is 0.101. The fourth-order valence-electron chi connectivity index (χ4n) is 2.47. The Kier molecular flexibility index (Phi) is 7.35. The molecule has 176 valence electrons. The molecule has 4 rings (SSSR count). The predicted molar refractivity (Wildman–Crippen MR) is 126 cm³/mol. The molecular formula is C19H18N14O2. The van der Waals surface area contributed by atoms with Gasteiger partial charge >= 0.3 is 0 Å². The smallest absolute Gasteiger partial charge is 0.203 e. The van der Waals surface area contributed by atoms with Crippen molar-refractivity contribution in [3.05, 3.63) is 71.6 Å². The van der Waals surface area contributed by atoms with Crippen molar-refractivity contribution in [1.82, 2.24) is 30.6 Å². The summed E-state index contributed by atoms with van der Waals surface area (Å²) in [6.07, 6.45) is 9.57. The maximum Gasteiger partial charge on any atom is 0.203 e. The first-order valence-electron chi connectivity index (χ1n) is 9.87. The summed E-state index contributed by atoms with van der Waals surface area (Å²) in [6, 6.07) is 7.07. The van der Waals surface area contributed by atoms with Gasteiger partial charge in [0.2, 0.25) is 11.6 Å². The number of hydrogen-bond acceptors (Lipinski definition) is 14. The van der Waals surface area contributed by atoms with E-state index in [1.165, 1.54) is 12.4 Å². The lowest BCUT2D eigenvalue weighted by molar-refractivity contribution is 0.307. The Balaban J connectivity index is 1.35. The molecule has 0 unspecified atom stereocenters. The number of pyridine rings is 2. The van der Waals surface area contributed by atoms with Crippen LogP contribution in [0.2, 0.25) is 0 Å². The molecule has 0 fully saturated rings. The number of hydrogen-bond donors (Lipinski definition) is 4. The average Bonchev–Trinajstić information content (AvgIpc) is 3.55. The minimum Gasteiger partial charge on any atom is -0.380 e. The zero-order chi connectivity index (χ0) is 24.3. The Hall–Kier alpha value is -5.54. The van der Waals surface area contributed by atoms with E-state index in [9.17, 15) is 0 Å². The monoisotopic (exact) mass is 474 g/mol. The maximum atomic E-state index is 5.94.